The minimum Gasteiger partial charge on any atom is -0.416 e. The lowest BCUT2D eigenvalue weighted by atomic mass is 9.52. The molecular formula is C33H54O5SSi. The summed E-state index contributed by atoms with van der Waals surface area (Å²) >= 11 is 0. The smallest absolute Gasteiger partial charge is 0.192 e. The van der Waals surface area contributed by atoms with Gasteiger partial charge < -0.3 is 13.9 Å². The molecule has 0 spiro atoms. The highest BCUT2D eigenvalue weighted by atomic mass is 32.2. The minimum absolute atomic E-state index is 0.108. The molecule has 1 saturated heterocycles. The summed E-state index contributed by atoms with van der Waals surface area (Å²) in [4.78, 5) is 0.435. The maximum absolute atomic E-state index is 13.6. The number of sulfone groups is 1. The van der Waals surface area contributed by atoms with Gasteiger partial charge in [0.15, 0.2) is 24.4 Å². The fraction of sp³-hybridized carbons (Fsp3) is 0.758. The molecule has 0 bridgehead atoms. The highest BCUT2D eigenvalue weighted by Crippen LogP contribution is 2.59. The summed E-state index contributed by atoms with van der Waals surface area (Å²) in [7, 11) is -5.40. The van der Waals surface area contributed by atoms with Crippen molar-refractivity contribution in [3.8, 4) is 0 Å². The zero-order valence-corrected chi connectivity index (χ0v) is 27.9. The predicted molar refractivity (Wildman–Crippen MR) is 166 cm³/mol. The molecule has 1 unspecified atom stereocenters. The summed E-state index contributed by atoms with van der Waals surface area (Å²) in [5.41, 5.74) is 0.967. The number of ether oxygens (including phenoxy) is 2. The van der Waals surface area contributed by atoms with Gasteiger partial charge in [-0.05, 0) is 98.9 Å². The number of rotatable bonds is 10. The molecule has 0 amide bonds. The van der Waals surface area contributed by atoms with Gasteiger partial charge in [0, 0.05) is 18.6 Å². The predicted octanol–water partition coefficient (Wildman–Crippen LogP) is 8.17. The Morgan fingerprint density at radius 3 is 2.45 bits per heavy atom. The summed E-state index contributed by atoms with van der Waals surface area (Å²) in [6.45, 7) is 18.3. The van der Waals surface area contributed by atoms with E-state index in [2.05, 4.69) is 53.8 Å². The summed E-state index contributed by atoms with van der Waals surface area (Å²) < 4.78 is 46.6. The van der Waals surface area contributed by atoms with Crippen molar-refractivity contribution in [2.24, 2.45) is 22.7 Å². The van der Waals surface area contributed by atoms with E-state index in [0.717, 1.165) is 58.0 Å². The van der Waals surface area contributed by atoms with Gasteiger partial charge in [-0.2, -0.15) is 0 Å². The normalized spacial score (nSPS) is 31.9. The first-order valence-electron chi connectivity index (χ1n) is 15.6. The van der Waals surface area contributed by atoms with Crippen LogP contribution in [0.25, 0.3) is 0 Å². The Bertz CT molecular complexity index is 1120. The quantitative estimate of drug-likeness (QED) is 0.203. The van der Waals surface area contributed by atoms with Crippen LogP contribution in [-0.4, -0.2) is 48.6 Å². The second kappa shape index (κ2) is 12.3. The fourth-order valence-corrected chi connectivity index (χ4v) is 10.0. The van der Waals surface area contributed by atoms with Gasteiger partial charge in [0.25, 0.3) is 0 Å². The average molecular weight is 591 g/mol. The highest BCUT2D eigenvalue weighted by Gasteiger charge is 2.54. The third-order valence-corrected chi connectivity index (χ3v) is 17.3. The Morgan fingerprint density at radius 2 is 1.80 bits per heavy atom. The van der Waals surface area contributed by atoms with E-state index in [1.54, 1.807) is 12.1 Å². The molecule has 5 atom stereocenters. The SMILES string of the molecule is C[C@H]1CC[C@@H]2C(=CCC[C@@]2(C)CS(=O)(=O)c2ccccc2)[C@@]1(CCOC1CCCCO1)CO[Si](C)(C)C(C)(C)C. The van der Waals surface area contributed by atoms with Crippen molar-refractivity contribution >= 4 is 18.2 Å². The van der Waals surface area contributed by atoms with Crippen LogP contribution in [0.2, 0.25) is 18.1 Å². The molecule has 1 aromatic carbocycles. The first kappa shape index (κ1) is 31.9. The van der Waals surface area contributed by atoms with Crippen molar-refractivity contribution in [1.29, 1.82) is 0 Å². The number of hydrogen-bond donors (Lipinski definition) is 0. The van der Waals surface area contributed by atoms with Crippen LogP contribution in [0.3, 0.4) is 0 Å². The number of allylic oxidation sites excluding steroid dienone is 1. The molecule has 1 aliphatic heterocycles. The van der Waals surface area contributed by atoms with Gasteiger partial charge in [0.05, 0.1) is 17.3 Å². The van der Waals surface area contributed by atoms with Gasteiger partial charge in [-0.25, -0.2) is 8.42 Å². The Balaban J connectivity index is 1.64. The molecule has 1 aromatic rings. The molecule has 5 nitrogen and oxygen atoms in total. The number of fused-ring (bicyclic) bond motifs is 1. The maximum atomic E-state index is 13.6. The van der Waals surface area contributed by atoms with Gasteiger partial charge in [-0.3, -0.25) is 0 Å². The lowest BCUT2D eigenvalue weighted by Gasteiger charge is -2.56. The van der Waals surface area contributed by atoms with Crippen molar-refractivity contribution in [1.82, 2.24) is 0 Å². The van der Waals surface area contributed by atoms with Crippen LogP contribution in [-0.2, 0) is 23.7 Å². The van der Waals surface area contributed by atoms with Crippen LogP contribution in [0.1, 0.15) is 86.0 Å². The minimum atomic E-state index is -3.40. The van der Waals surface area contributed by atoms with Gasteiger partial charge in [-0.15, -0.1) is 0 Å². The van der Waals surface area contributed by atoms with Gasteiger partial charge in [0.2, 0.25) is 0 Å². The lowest BCUT2D eigenvalue weighted by molar-refractivity contribution is -0.168. The van der Waals surface area contributed by atoms with Gasteiger partial charge in [0.1, 0.15) is 0 Å². The largest absolute Gasteiger partial charge is 0.416 e. The van der Waals surface area contributed by atoms with E-state index in [0.29, 0.717) is 24.0 Å². The van der Waals surface area contributed by atoms with Gasteiger partial charge >= 0.3 is 0 Å². The average Bonchev–Trinajstić information content (AvgIpc) is 2.89. The Kier molecular flexibility index (Phi) is 9.83. The molecule has 2 fully saturated rings. The zero-order chi connectivity index (χ0) is 29.2. The third-order valence-electron chi connectivity index (χ3n) is 10.8. The maximum Gasteiger partial charge on any atom is 0.192 e. The van der Waals surface area contributed by atoms with Crippen LogP contribution in [0.4, 0.5) is 0 Å². The Labute approximate surface area is 245 Å². The molecule has 0 radical (unpaired) electrons. The molecule has 3 aliphatic rings. The van der Waals surface area contributed by atoms with E-state index in [4.69, 9.17) is 13.9 Å². The van der Waals surface area contributed by atoms with Crippen molar-refractivity contribution in [3.63, 3.8) is 0 Å². The molecule has 0 N–H and O–H groups in total. The van der Waals surface area contributed by atoms with E-state index in [9.17, 15) is 8.42 Å². The van der Waals surface area contributed by atoms with Gasteiger partial charge in [-0.1, -0.05) is 64.5 Å². The van der Waals surface area contributed by atoms with Crippen molar-refractivity contribution in [2.75, 3.05) is 25.6 Å². The van der Waals surface area contributed by atoms with E-state index in [1.807, 2.05) is 18.2 Å². The summed E-state index contributed by atoms with van der Waals surface area (Å²) in [5.74, 6) is 0.847. The first-order chi connectivity index (χ1) is 18.7. The summed E-state index contributed by atoms with van der Waals surface area (Å²) in [6, 6.07) is 9.00. The Morgan fingerprint density at radius 1 is 1.07 bits per heavy atom. The highest BCUT2D eigenvalue weighted by molar-refractivity contribution is 7.91. The second-order valence-electron chi connectivity index (χ2n) is 14.6. The van der Waals surface area contributed by atoms with Crippen LogP contribution < -0.4 is 0 Å². The van der Waals surface area contributed by atoms with Crippen LogP contribution >= 0.6 is 0 Å². The van der Waals surface area contributed by atoms with E-state index >= 15 is 0 Å². The first-order valence-corrected chi connectivity index (χ1v) is 20.1. The molecule has 7 heteroatoms. The third kappa shape index (κ3) is 6.80. The molecule has 40 heavy (non-hydrogen) atoms. The number of benzene rings is 1. The van der Waals surface area contributed by atoms with E-state index < -0.39 is 18.2 Å². The lowest BCUT2D eigenvalue weighted by Crippen LogP contribution is -2.52. The monoisotopic (exact) mass is 590 g/mol. The van der Waals surface area contributed by atoms with Crippen molar-refractivity contribution in [3.05, 3.63) is 42.0 Å². The molecule has 1 saturated carbocycles. The summed E-state index contributed by atoms with van der Waals surface area (Å²) in [6.07, 6.45) is 10.4. The topological polar surface area (TPSA) is 61.8 Å². The molecule has 2 aliphatic carbocycles. The van der Waals surface area contributed by atoms with Crippen LogP contribution in [0.5, 0.6) is 0 Å². The zero-order valence-electron chi connectivity index (χ0n) is 26.1. The number of hydrogen-bond acceptors (Lipinski definition) is 5. The van der Waals surface area contributed by atoms with Crippen LogP contribution in [0.15, 0.2) is 46.9 Å². The van der Waals surface area contributed by atoms with E-state index in [1.165, 1.54) is 5.57 Å². The second-order valence-corrected chi connectivity index (χ2v) is 21.4. The molecule has 4 rings (SSSR count). The molecular weight excluding hydrogens is 537 g/mol. The fourth-order valence-electron chi connectivity index (χ4n) is 7.03. The van der Waals surface area contributed by atoms with E-state index in [-0.39, 0.29) is 33.8 Å². The van der Waals surface area contributed by atoms with Crippen molar-refractivity contribution in [2.45, 2.75) is 115 Å². The summed E-state index contributed by atoms with van der Waals surface area (Å²) in [5, 5.41) is 0.122. The molecule has 226 valence electrons. The molecule has 1 heterocycles. The molecule has 0 aromatic heterocycles. The van der Waals surface area contributed by atoms with Crippen LogP contribution in [0, 0.1) is 22.7 Å². The van der Waals surface area contributed by atoms with Crippen molar-refractivity contribution < 1.29 is 22.3 Å². The standard InChI is InChI=1S/C33H54O5SSi/c1-26-18-19-28-29(16-13-20-32(28,5)25-39(34,35)27-14-9-8-10-15-27)33(26,24-38-40(6,7)31(2,3)4)21-23-37-30-17-11-12-22-36-30/h8-10,14-16,26,28,30H,11-13,17-25H2,1-7H3/t26-,28+,30?,32-,33-/m0/s1. The Hall–Kier alpha value is -0.993.